The number of hydrogen-bond acceptors (Lipinski definition) is 11. The molecule has 1 aromatic rings. The number of rotatable bonds is 23. The van der Waals surface area contributed by atoms with Crippen molar-refractivity contribution in [3.05, 3.63) is 84.0 Å². The lowest BCUT2D eigenvalue weighted by atomic mass is 9.86. The van der Waals surface area contributed by atoms with E-state index in [4.69, 9.17) is 4.74 Å². The molecular weight excluding hydrogens is 730 g/mol. The third-order valence-corrected chi connectivity index (χ3v) is 9.94. The Labute approximate surface area is 337 Å². The van der Waals surface area contributed by atoms with Crippen LogP contribution in [0, 0.1) is 17.8 Å². The topological polar surface area (TPSA) is 203 Å². The minimum atomic E-state index is -1.14. The summed E-state index contributed by atoms with van der Waals surface area (Å²) < 4.78 is 6.00. The van der Waals surface area contributed by atoms with Crippen LogP contribution in [0.5, 0.6) is 0 Å². The zero-order valence-electron chi connectivity index (χ0n) is 34.4. The first-order chi connectivity index (χ1) is 27.1. The molecule has 1 heterocycles. The fourth-order valence-corrected chi connectivity index (χ4v) is 6.32. The molecule has 0 saturated carbocycles. The summed E-state index contributed by atoms with van der Waals surface area (Å²) in [5, 5.41) is 31.1. The van der Waals surface area contributed by atoms with Gasteiger partial charge in [0.2, 0.25) is 11.8 Å². The molecule has 1 saturated heterocycles. The molecule has 2 rings (SSSR count). The molecule has 14 heteroatoms. The largest absolute Gasteiger partial charge is 0.456 e. The van der Waals surface area contributed by atoms with Crippen molar-refractivity contribution in [3.8, 4) is 0 Å². The lowest BCUT2D eigenvalue weighted by molar-refractivity contribution is -0.156. The maximum absolute atomic E-state index is 14.0. The number of aliphatic hydroxyl groups is 2. The van der Waals surface area contributed by atoms with E-state index in [1.54, 1.807) is 51.3 Å². The van der Waals surface area contributed by atoms with Gasteiger partial charge in [-0.2, -0.15) is 0 Å². The summed E-state index contributed by atoms with van der Waals surface area (Å²) in [7, 11) is 3.20. The lowest BCUT2D eigenvalue weighted by Crippen LogP contribution is -2.61. The van der Waals surface area contributed by atoms with Crippen molar-refractivity contribution in [2.24, 2.45) is 17.8 Å². The first kappa shape index (κ1) is 48.4. The second-order valence-corrected chi connectivity index (χ2v) is 14.8. The van der Waals surface area contributed by atoms with Crippen molar-refractivity contribution in [1.82, 2.24) is 26.4 Å². The van der Waals surface area contributed by atoms with Gasteiger partial charge in [-0.1, -0.05) is 87.6 Å². The number of hydrogen-bond donors (Lipinski definition) is 6. The number of nitrogens with zero attached hydrogens (tertiary/aromatic N) is 1. The van der Waals surface area contributed by atoms with Crippen LogP contribution in [-0.4, -0.2) is 108 Å². The number of aliphatic hydroxyl groups excluding tert-OH is 2. The average Bonchev–Trinajstić information content (AvgIpc) is 3.19. The van der Waals surface area contributed by atoms with E-state index >= 15 is 0 Å². The zero-order chi connectivity index (χ0) is 42.5. The molecule has 0 bridgehead atoms. The van der Waals surface area contributed by atoms with Gasteiger partial charge in [0.1, 0.15) is 30.3 Å². The molecule has 1 aromatic carbocycles. The fourth-order valence-electron chi connectivity index (χ4n) is 6.32. The first-order valence-electron chi connectivity index (χ1n) is 19.6. The number of amides is 3. The van der Waals surface area contributed by atoms with Crippen molar-refractivity contribution in [3.63, 3.8) is 0 Å². The van der Waals surface area contributed by atoms with Gasteiger partial charge >= 0.3 is 5.97 Å². The van der Waals surface area contributed by atoms with Crippen LogP contribution in [0.4, 0.5) is 0 Å². The smallest absolute Gasteiger partial charge is 0.325 e. The number of aldehydes is 1. The van der Waals surface area contributed by atoms with Gasteiger partial charge in [-0.3, -0.25) is 24.2 Å². The molecule has 1 aliphatic heterocycles. The van der Waals surface area contributed by atoms with E-state index in [1.165, 1.54) is 31.1 Å². The number of esters is 1. The van der Waals surface area contributed by atoms with Gasteiger partial charge in [0.25, 0.3) is 5.91 Å². The van der Waals surface area contributed by atoms with Gasteiger partial charge in [0, 0.05) is 50.8 Å². The van der Waals surface area contributed by atoms with Crippen molar-refractivity contribution >= 4 is 35.8 Å². The highest BCUT2D eigenvalue weighted by Gasteiger charge is 2.35. The standard InChI is InChI=1S/C43H63N5O9/c1-28(2)39(45-7)41(54)46-35(26-32-17-10-8-11-18-32)42(55)48-25-15-19-34(47-48)43(56)57-37(29(3)16-14-22-38(52)44-6)21-13-9-12-20-36(51)31(5)40(53)33(27-49)24-23-30(4)50/h8-14,16-18,20,22,27-28,31,33-37,39-40,45,47,51,53H,15,19,21,23-26H2,1-7H3,(H,44,52)(H,46,54)/b13-9+,20-12+,22-14+,29-16+/t31?,33-,34?,35?,36-,37-,39?,40?/m0/s1. The van der Waals surface area contributed by atoms with E-state index in [0.717, 1.165) is 5.56 Å². The van der Waals surface area contributed by atoms with Gasteiger partial charge in [-0.05, 0) is 57.2 Å². The maximum Gasteiger partial charge on any atom is 0.325 e. The summed E-state index contributed by atoms with van der Waals surface area (Å²) in [5.74, 6) is -3.17. The molecule has 314 valence electrons. The van der Waals surface area contributed by atoms with Crippen molar-refractivity contribution in [2.75, 3.05) is 20.6 Å². The minimum absolute atomic E-state index is 0.0213. The van der Waals surface area contributed by atoms with Crippen LogP contribution in [0.1, 0.15) is 72.3 Å². The first-order valence-corrected chi connectivity index (χ1v) is 19.6. The average molecular weight is 794 g/mol. The van der Waals surface area contributed by atoms with Crippen molar-refractivity contribution in [1.29, 1.82) is 0 Å². The van der Waals surface area contributed by atoms with Crippen LogP contribution in [0.2, 0.25) is 0 Å². The number of likely N-dealkylation sites (N-methyl/N-ethyl adjacent to an activating group) is 2. The molecule has 0 spiro atoms. The lowest BCUT2D eigenvalue weighted by Gasteiger charge is -2.36. The van der Waals surface area contributed by atoms with E-state index in [1.807, 2.05) is 44.2 Å². The Morgan fingerprint density at radius 2 is 1.72 bits per heavy atom. The zero-order valence-corrected chi connectivity index (χ0v) is 34.4. The molecule has 8 atom stereocenters. The third kappa shape index (κ3) is 16.7. The maximum atomic E-state index is 14.0. The number of benzene rings is 1. The molecule has 1 fully saturated rings. The molecule has 5 unspecified atom stereocenters. The highest BCUT2D eigenvalue weighted by atomic mass is 16.5. The number of carbonyl (C=O) groups excluding carboxylic acids is 6. The van der Waals surface area contributed by atoms with Gasteiger partial charge in [-0.15, -0.1) is 0 Å². The number of Topliss-reactive ketones (excluding diaryl/α,β-unsaturated/α-hetero) is 1. The van der Waals surface area contributed by atoms with Crippen LogP contribution < -0.4 is 21.4 Å². The third-order valence-electron chi connectivity index (χ3n) is 9.94. The summed E-state index contributed by atoms with van der Waals surface area (Å²) in [6, 6.07) is 7.11. The normalized spacial score (nSPS) is 18.8. The monoisotopic (exact) mass is 793 g/mol. The van der Waals surface area contributed by atoms with E-state index in [9.17, 15) is 39.0 Å². The number of ketones is 1. The Kier molecular flexibility index (Phi) is 21.6. The van der Waals surface area contributed by atoms with Crippen LogP contribution in [0.3, 0.4) is 0 Å². The van der Waals surface area contributed by atoms with Gasteiger partial charge < -0.3 is 40.5 Å². The minimum Gasteiger partial charge on any atom is -0.456 e. The number of nitrogens with one attached hydrogen (secondary N) is 4. The Morgan fingerprint density at radius 1 is 1.02 bits per heavy atom. The molecule has 57 heavy (non-hydrogen) atoms. The molecule has 0 radical (unpaired) electrons. The Bertz CT molecular complexity index is 1590. The summed E-state index contributed by atoms with van der Waals surface area (Å²) in [4.78, 5) is 75.6. The van der Waals surface area contributed by atoms with E-state index in [0.29, 0.717) is 31.2 Å². The highest BCUT2D eigenvalue weighted by Crippen LogP contribution is 2.21. The van der Waals surface area contributed by atoms with Gasteiger partial charge in [0.05, 0.1) is 18.2 Å². The van der Waals surface area contributed by atoms with Crippen LogP contribution in [0.25, 0.3) is 0 Å². The second kappa shape index (κ2) is 25.5. The Hall–Kier alpha value is -4.76. The van der Waals surface area contributed by atoms with Gasteiger partial charge in [0.15, 0.2) is 0 Å². The Morgan fingerprint density at radius 3 is 2.33 bits per heavy atom. The number of hydrazine groups is 1. The Balaban J connectivity index is 2.21. The molecule has 0 aliphatic carbocycles. The van der Waals surface area contributed by atoms with E-state index < -0.39 is 54.2 Å². The number of ether oxygens (including phenoxy) is 1. The second-order valence-electron chi connectivity index (χ2n) is 14.8. The SMILES string of the molecule is CNC(=O)/C=C/C=C(\C)[C@H](C/C=C/C=C/[C@H](O)C(C)C(O)[C@H](C=O)CCC(C)=O)OC(=O)C1CCCN(C(=O)C(Cc2ccccc2)NC(=O)C(NC)C(C)C)N1. The summed E-state index contributed by atoms with van der Waals surface area (Å²) in [6.07, 6.45) is 10.3. The fraction of sp³-hybridized carbons (Fsp3) is 0.535. The summed E-state index contributed by atoms with van der Waals surface area (Å²) in [5.41, 5.74) is 4.54. The van der Waals surface area contributed by atoms with E-state index in [2.05, 4.69) is 21.4 Å². The summed E-state index contributed by atoms with van der Waals surface area (Å²) >= 11 is 0. The van der Waals surface area contributed by atoms with Crippen molar-refractivity contribution < 1.29 is 43.7 Å². The van der Waals surface area contributed by atoms with Crippen LogP contribution in [0.15, 0.2) is 78.4 Å². The number of carbonyl (C=O) groups is 6. The predicted molar refractivity (Wildman–Crippen MR) is 218 cm³/mol. The van der Waals surface area contributed by atoms with Crippen molar-refractivity contribution in [2.45, 2.75) is 110 Å². The van der Waals surface area contributed by atoms with Gasteiger partial charge in [-0.25, -0.2) is 5.43 Å². The van der Waals surface area contributed by atoms with Crippen LogP contribution in [-0.2, 0) is 39.9 Å². The molecule has 14 nitrogen and oxygen atoms in total. The molecular formula is C43H63N5O9. The molecule has 6 N–H and O–H groups in total. The predicted octanol–water partition coefficient (Wildman–Crippen LogP) is 2.66. The van der Waals surface area contributed by atoms with E-state index in [-0.39, 0.29) is 55.1 Å². The quantitative estimate of drug-likeness (QED) is 0.0412. The summed E-state index contributed by atoms with van der Waals surface area (Å²) in [6.45, 7) is 8.94. The highest BCUT2D eigenvalue weighted by molar-refractivity contribution is 5.90. The van der Waals surface area contributed by atoms with Crippen LogP contribution >= 0.6 is 0 Å². The molecule has 1 aliphatic rings. The molecule has 0 aromatic heterocycles. The molecule has 3 amide bonds. The number of allylic oxidation sites excluding steroid dienone is 4.